The number of rotatable bonds is 4. The minimum absolute atomic E-state index is 0.863. The number of aromatic nitrogens is 1. The van der Waals surface area contributed by atoms with Crippen LogP contribution in [0.5, 0.6) is 0 Å². The van der Waals surface area contributed by atoms with E-state index in [9.17, 15) is 0 Å². The van der Waals surface area contributed by atoms with Gasteiger partial charge in [-0.25, -0.2) is 0 Å². The number of fused-ring (bicyclic) bond motifs is 1. The first-order chi connectivity index (χ1) is 8.24. The van der Waals surface area contributed by atoms with Crippen molar-refractivity contribution in [3.05, 3.63) is 35.5 Å². The molecule has 17 heavy (non-hydrogen) atoms. The van der Waals surface area contributed by atoms with Crippen molar-refractivity contribution in [1.29, 1.82) is 0 Å². The highest BCUT2D eigenvalue weighted by atomic mass is 15.1. The lowest BCUT2D eigenvalue weighted by atomic mass is 10.1. The van der Waals surface area contributed by atoms with Gasteiger partial charge in [0.2, 0.25) is 0 Å². The smallest absolute Gasteiger partial charge is 0.0456 e. The van der Waals surface area contributed by atoms with E-state index < -0.39 is 0 Å². The molecule has 1 aliphatic carbocycles. The van der Waals surface area contributed by atoms with E-state index in [4.69, 9.17) is 0 Å². The lowest BCUT2D eigenvalue weighted by Gasteiger charge is -2.14. The van der Waals surface area contributed by atoms with Crippen molar-refractivity contribution >= 4 is 10.9 Å². The fourth-order valence-corrected chi connectivity index (χ4v) is 2.49. The maximum Gasteiger partial charge on any atom is 0.0456 e. The molecule has 1 saturated carbocycles. The molecule has 2 heteroatoms. The van der Waals surface area contributed by atoms with E-state index >= 15 is 0 Å². The summed E-state index contributed by atoms with van der Waals surface area (Å²) < 4.78 is 0. The molecule has 1 aromatic carbocycles. The molecule has 0 spiro atoms. The minimum Gasteiger partial charge on any atom is -0.361 e. The summed E-state index contributed by atoms with van der Waals surface area (Å²) in [5.41, 5.74) is 4.06. The van der Waals surface area contributed by atoms with Crippen molar-refractivity contribution in [2.45, 2.75) is 32.2 Å². The maximum absolute atomic E-state index is 3.37. The zero-order chi connectivity index (χ0) is 11.8. The largest absolute Gasteiger partial charge is 0.361 e. The van der Waals surface area contributed by atoms with Crippen LogP contribution >= 0.6 is 0 Å². The van der Waals surface area contributed by atoms with Gasteiger partial charge in [-0.1, -0.05) is 11.6 Å². The maximum atomic E-state index is 3.37. The van der Waals surface area contributed by atoms with E-state index in [1.807, 2.05) is 0 Å². The van der Waals surface area contributed by atoms with Crippen LogP contribution in [-0.4, -0.2) is 29.5 Å². The van der Waals surface area contributed by atoms with Crippen LogP contribution in [0.4, 0.5) is 0 Å². The minimum atomic E-state index is 0.863. The fraction of sp³-hybridized carbons (Fsp3) is 0.467. The Balaban J connectivity index is 1.77. The van der Waals surface area contributed by atoms with E-state index in [1.165, 1.54) is 41.4 Å². The molecule has 90 valence electrons. The van der Waals surface area contributed by atoms with Crippen LogP contribution in [0.1, 0.15) is 24.0 Å². The Kier molecular flexibility index (Phi) is 2.67. The third kappa shape index (κ3) is 2.22. The average Bonchev–Trinajstić information content (AvgIpc) is 3.09. The zero-order valence-electron chi connectivity index (χ0n) is 10.7. The highest BCUT2D eigenvalue weighted by Gasteiger charge is 2.25. The standard InChI is InChI=1S/C15H20N2/c1-11-3-6-15-14(9-11)12(10-16-15)7-8-17(2)13-4-5-13/h3,6,9-10,13,16H,4-5,7-8H2,1-2H3. The van der Waals surface area contributed by atoms with Crippen LogP contribution in [-0.2, 0) is 6.42 Å². The van der Waals surface area contributed by atoms with Crippen molar-refractivity contribution in [2.24, 2.45) is 0 Å². The lowest BCUT2D eigenvalue weighted by molar-refractivity contribution is 0.329. The average molecular weight is 228 g/mol. The zero-order valence-corrected chi connectivity index (χ0v) is 10.7. The molecule has 1 fully saturated rings. The number of likely N-dealkylation sites (N-methyl/N-ethyl adjacent to an activating group) is 1. The molecule has 1 heterocycles. The molecule has 1 aliphatic rings. The van der Waals surface area contributed by atoms with Crippen molar-refractivity contribution in [3.8, 4) is 0 Å². The number of hydrogen-bond donors (Lipinski definition) is 1. The molecule has 0 atom stereocenters. The third-order valence-electron chi connectivity index (χ3n) is 3.83. The summed E-state index contributed by atoms with van der Waals surface area (Å²) in [6.07, 6.45) is 6.11. The Labute approximate surface area is 103 Å². The lowest BCUT2D eigenvalue weighted by Crippen LogP contribution is -2.23. The second kappa shape index (κ2) is 4.19. The van der Waals surface area contributed by atoms with Crippen molar-refractivity contribution in [2.75, 3.05) is 13.6 Å². The Morgan fingerprint density at radius 2 is 2.18 bits per heavy atom. The van der Waals surface area contributed by atoms with Crippen LogP contribution in [0.15, 0.2) is 24.4 Å². The Bertz CT molecular complexity index is 523. The summed E-state index contributed by atoms with van der Waals surface area (Å²) in [7, 11) is 2.25. The van der Waals surface area contributed by atoms with Crippen LogP contribution < -0.4 is 0 Å². The quantitative estimate of drug-likeness (QED) is 0.852. The molecule has 0 radical (unpaired) electrons. The molecular formula is C15H20N2. The van der Waals surface area contributed by atoms with Crippen molar-refractivity contribution < 1.29 is 0 Å². The van der Waals surface area contributed by atoms with Crippen LogP contribution in [0, 0.1) is 6.92 Å². The second-order valence-corrected chi connectivity index (χ2v) is 5.32. The second-order valence-electron chi connectivity index (χ2n) is 5.32. The molecule has 0 saturated heterocycles. The molecule has 0 aliphatic heterocycles. The van der Waals surface area contributed by atoms with Gasteiger partial charge in [-0.3, -0.25) is 0 Å². The highest BCUT2D eigenvalue weighted by molar-refractivity contribution is 5.83. The number of nitrogens with one attached hydrogen (secondary N) is 1. The number of H-pyrrole nitrogens is 1. The van der Waals surface area contributed by atoms with Gasteiger partial charge in [0.1, 0.15) is 0 Å². The van der Waals surface area contributed by atoms with E-state index in [0.29, 0.717) is 0 Å². The molecule has 0 unspecified atom stereocenters. The summed E-state index contributed by atoms with van der Waals surface area (Å²) in [4.78, 5) is 5.86. The van der Waals surface area contributed by atoms with Gasteiger partial charge in [0, 0.05) is 29.7 Å². The molecule has 1 N–H and O–H groups in total. The fourth-order valence-electron chi connectivity index (χ4n) is 2.49. The third-order valence-corrected chi connectivity index (χ3v) is 3.83. The van der Waals surface area contributed by atoms with Gasteiger partial charge in [0.25, 0.3) is 0 Å². The molecular weight excluding hydrogens is 208 g/mol. The molecule has 1 aromatic heterocycles. The van der Waals surface area contributed by atoms with Gasteiger partial charge in [-0.05, 0) is 50.9 Å². The van der Waals surface area contributed by atoms with Gasteiger partial charge >= 0.3 is 0 Å². The summed E-state index contributed by atoms with van der Waals surface area (Å²) in [6, 6.07) is 7.50. The SMILES string of the molecule is Cc1ccc2[nH]cc(CCN(C)C3CC3)c2c1. The van der Waals surface area contributed by atoms with Gasteiger partial charge in [0.15, 0.2) is 0 Å². The first-order valence-corrected chi connectivity index (χ1v) is 6.51. The number of aromatic amines is 1. The van der Waals surface area contributed by atoms with Crippen molar-refractivity contribution in [3.63, 3.8) is 0 Å². The normalized spacial score (nSPS) is 15.9. The summed E-state index contributed by atoms with van der Waals surface area (Å²) >= 11 is 0. The first-order valence-electron chi connectivity index (χ1n) is 6.51. The van der Waals surface area contributed by atoms with Gasteiger partial charge in [0.05, 0.1) is 0 Å². The van der Waals surface area contributed by atoms with Crippen LogP contribution in [0.3, 0.4) is 0 Å². The van der Waals surface area contributed by atoms with Crippen LogP contribution in [0.25, 0.3) is 10.9 Å². The van der Waals surface area contributed by atoms with Gasteiger partial charge in [-0.15, -0.1) is 0 Å². The highest BCUT2D eigenvalue weighted by Crippen LogP contribution is 2.26. The predicted octanol–water partition coefficient (Wildman–Crippen LogP) is 3.11. The number of nitrogens with zero attached hydrogens (tertiary/aromatic N) is 1. The van der Waals surface area contributed by atoms with Gasteiger partial charge < -0.3 is 9.88 Å². The monoisotopic (exact) mass is 228 g/mol. The van der Waals surface area contributed by atoms with E-state index in [2.05, 4.69) is 48.3 Å². The number of aryl methyl sites for hydroxylation is 1. The van der Waals surface area contributed by atoms with E-state index in [0.717, 1.165) is 12.5 Å². The number of hydrogen-bond acceptors (Lipinski definition) is 1. The Morgan fingerprint density at radius 1 is 1.35 bits per heavy atom. The van der Waals surface area contributed by atoms with Crippen LogP contribution in [0.2, 0.25) is 0 Å². The summed E-state index contributed by atoms with van der Waals surface area (Å²) in [6.45, 7) is 3.33. The van der Waals surface area contributed by atoms with Crippen molar-refractivity contribution in [1.82, 2.24) is 9.88 Å². The molecule has 2 aromatic rings. The first kappa shape index (κ1) is 10.8. The van der Waals surface area contributed by atoms with E-state index in [1.54, 1.807) is 0 Å². The molecule has 0 bridgehead atoms. The topological polar surface area (TPSA) is 19.0 Å². The summed E-state index contributed by atoms with van der Waals surface area (Å²) in [5, 5.41) is 1.40. The Morgan fingerprint density at radius 3 is 2.94 bits per heavy atom. The Hall–Kier alpha value is -1.28. The summed E-state index contributed by atoms with van der Waals surface area (Å²) in [5.74, 6) is 0. The molecule has 3 rings (SSSR count). The molecule has 0 amide bonds. The predicted molar refractivity (Wildman–Crippen MR) is 72.4 cm³/mol. The molecule has 2 nitrogen and oxygen atoms in total. The number of benzene rings is 1. The van der Waals surface area contributed by atoms with E-state index in [-0.39, 0.29) is 0 Å². The van der Waals surface area contributed by atoms with Gasteiger partial charge in [-0.2, -0.15) is 0 Å².